The molecule has 1 saturated heterocycles. The van der Waals surface area contributed by atoms with Gasteiger partial charge in [-0.05, 0) is 32.8 Å². The van der Waals surface area contributed by atoms with Gasteiger partial charge >= 0.3 is 0 Å². The number of aryl methyl sites for hydroxylation is 2. The van der Waals surface area contributed by atoms with E-state index in [1.807, 2.05) is 27.0 Å². The largest absolute Gasteiger partial charge is 0.357 e. The molecule has 3 rings (SSSR count). The Morgan fingerprint density at radius 3 is 2.52 bits per heavy atom. The average Bonchev–Trinajstić information content (AvgIpc) is 2.60. The second-order valence-corrected chi connectivity index (χ2v) is 6.38. The van der Waals surface area contributed by atoms with E-state index in [0.29, 0.717) is 6.04 Å². The highest BCUT2D eigenvalue weighted by Gasteiger charge is 2.24. The van der Waals surface area contributed by atoms with Crippen molar-refractivity contribution in [3.63, 3.8) is 0 Å². The number of hydrogen-bond donors (Lipinski definition) is 0. The standard InChI is InChI=1S/C17H22N6O2/c1-12-10-17(20-13(2)19-12)22-8-6-14(7-9-22)21(3)16-5-4-15(11-18-16)23(24)25/h4-5,10-11,14H,6-9H2,1-3H3. The molecule has 0 amide bonds. The van der Waals surface area contributed by atoms with Crippen LogP contribution in [0.1, 0.15) is 24.4 Å². The molecular weight excluding hydrogens is 320 g/mol. The maximum Gasteiger partial charge on any atom is 0.287 e. The summed E-state index contributed by atoms with van der Waals surface area (Å²) in [7, 11) is 1.99. The van der Waals surface area contributed by atoms with E-state index < -0.39 is 4.92 Å². The molecule has 8 heteroatoms. The van der Waals surface area contributed by atoms with Gasteiger partial charge in [-0.15, -0.1) is 0 Å². The third-order valence-corrected chi connectivity index (χ3v) is 4.59. The third kappa shape index (κ3) is 3.84. The maximum absolute atomic E-state index is 10.7. The van der Waals surface area contributed by atoms with E-state index in [0.717, 1.165) is 49.1 Å². The lowest BCUT2D eigenvalue weighted by molar-refractivity contribution is -0.385. The van der Waals surface area contributed by atoms with Crippen LogP contribution in [0.3, 0.4) is 0 Å². The molecule has 0 bridgehead atoms. The van der Waals surface area contributed by atoms with E-state index >= 15 is 0 Å². The van der Waals surface area contributed by atoms with Crippen LogP contribution in [-0.4, -0.2) is 46.1 Å². The molecule has 0 N–H and O–H groups in total. The number of rotatable bonds is 4. The fraction of sp³-hybridized carbons (Fsp3) is 0.471. The number of aromatic nitrogens is 3. The van der Waals surface area contributed by atoms with Crippen molar-refractivity contribution in [1.29, 1.82) is 0 Å². The summed E-state index contributed by atoms with van der Waals surface area (Å²) in [4.78, 5) is 27.8. The Bertz CT molecular complexity index is 736. The van der Waals surface area contributed by atoms with Gasteiger partial charge in [0.1, 0.15) is 23.7 Å². The van der Waals surface area contributed by atoms with Crippen molar-refractivity contribution >= 4 is 17.3 Å². The Hall–Kier alpha value is -2.77. The van der Waals surface area contributed by atoms with Crippen LogP contribution in [0.4, 0.5) is 17.3 Å². The second-order valence-electron chi connectivity index (χ2n) is 6.38. The predicted molar refractivity (Wildman–Crippen MR) is 96.0 cm³/mol. The molecule has 132 valence electrons. The first-order valence-corrected chi connectivity index (χ1v) is 8.34. The Morgan fingerprint density at radius 1 is 1.24 bits per heavy atom. The molecule has 2 aromatic rings. The average molecular weight is 342 g/mol. The molecule has 0 radical (unpaired) electrons. The predicted octanol–water partition coefficient (Wildman–Crippen LogP) is 2.50. The van der Waals surface area contributed by atoms with Crippen LogP contribution < -0.4 is 9.80 Å². The third-order valence-electron chi connectivity index (χ3n) is 4.59. The summed E-state index contributed by atoms with van der Waals surface area (Å²) in [5, 5.41) is 10.7. The van der Waals surface area contributed by atoms with Crippen molar-refractivity contribution in [3.05, 3.63) is 46.0 Å². The van der Waals surface area contributed by atoms with E-state index in [2.05, 4.69) is 24.8 Å². The van der Waals surface area contributed by atoms with Gasteiger partial charge in [0.25, 0.3) is 5.69 Å². The molecule has 0 saturated carbocycles. The van der Waals surface area contributed by atoms with E-state index in [9.17, 15) is 10.1 Å². The molecule has 0 aliphatic carbocycles. The number of nitrogens with zero attached hydrogens (tertiary/aromatic N) is 6. The van der Waals surface area contributed by atoms with E-state index in [4.69, 9.17) is 0 Å². The molecular formula is C17H22N6O2. The molecule has 1 aliphatic rings. The van der Waals surface area contributed by atoms with Crippen molar-refractivity contribution in [1.82, 2.24) is 15.0 Å². The van der Waals surface area contributed by atoms with Crippen LogP contribution in [-0.2, 0) is 0 Å². The van der Waals surface area contributed by atoms with Crippen LogP contribution in [0.2, 0.25) is 0 Å². The van der Waals surface area contributed by atoms with E-state index in [1.165, 1.54) is 12.3 Å². The van der Waals surface area contributed by atoms with Gasteiger partial charge in [0.2, 0.25) is 0 Å². The van der Waals surface area contributed by atoms with Crippen LogP contribution >= 0.6 is 0 Å². The molecule has 1 aliphatic heterocycles. The topological polar surface area (TPSA) is 88.3 Å². The zero-order chi connectivity index (χ0) is 18.0. The first-order chi connectivity index (χ1) is 11.9. The number of pyridine rings is 1. The molecule has 25 heavy (non-hydrogen) atoms. The normalized spacial score (nSPS) is 15.2. The van der Waals surface area contributed by atoms with Crippen molar-refractivity contribution in [2.75, 3.05) is 29.9 Å². The molecule has 0 unspecified atom stereocenters. The highest BCUT2D eigenvalue weighted by Crippen LogP contribution is 2.24. The second kappa shape index (κ2) is 7.00. The van der Waals surface area contributed by atoms with Crippen molar-refractivity contribution in [3.8, 4) is 0 Å². The summed E-state index contributed by atoms with van der Waals surface area (Å²) < 4.78 is 0. The molecule has 0 aromatic carbocycles. The molecule has 2 aromatic heterocycles. The molecule has 0 spiro atoms. The van der Waals surface area contributed by atoms with Gasteiger partial charge in [-0.3, -0.25) is 10.1 Å². The van der Waals surface area contributed by atoms with E-state index in [-0.39, 0.29) is 5.69 Å². The number of nitro groups is 1. The highest BCUT2D eigenvalue weighted by atomic mass is 16.6. The lowest BCUT2D eigenvalue weighted by Crippen LogP contribution is -2.44. The first kappa shape index (κ1) is 17.1. The molecule has 8 nitrogen and oxygen atoms in total. The van der Waals surface area contributed by atoms with Crippen LogP contribution in [0, 0.1) is 24.0 Å². The summed E-state index contributed by atoms with van der Waals surface area (Å²) >= 11 is 0. The fourth-order valence-electron chi connectivity index (χ4n) is 3.22. The minimum absolute atomic E-state index is 0.0153. The Labute approximate surface area is 146 Å². The number of piperidine rings is 1. The summed E-state index contributed by atoms with van der Waals surface area (Å²) in [6, 6.07) is 5.59. The van der Waals surface area contributed by atoms with E-state index in [1.54, 1.807) is 6.07 Å². The van der Waals surface area contributed by atoms with Gasteiger partial charge in [-0.1, -0.05) is 0 Å². The summed E-state index contributed by atoms with van der Waals surface area (Å²) in [5.74, 6) is 2.54. The van der Waals surface area contributed by atoms with Gasteiger partial charge < -0.3 is 9.80 Å². The molecule has 1 fully saturated rings. The molecule has 0 atom stereocenters. The van der Waals surface area contributed by atoms with Crippen molar-refractivity contribution in [2.45, 2.75) is 32.7 Å². The molecule has 3 heterocycles. The zero-order valence-corrected chi connectivity index (χ0v) is 14.7. The number of anilines is 2. The lowest BCUT2D eigenvalue weighted by Gasteiger charge is -2.37. The summed E-state index contributed by atoms with van der Waals surface area (Å²) in [5.41, 5.74) is 0.998. The SMILES string of the molecule is Cc1cc(N2CCC(N(C)c3ccc([N+](=O)[O-])cn3)CC2)nc(C)n1. The van der Waals surface area contributed by atoms with Crippen LogP contribution in [0.5, 0.6) is 0 Å². The minimum Gasteiger partial charge on any atom is -0.357 e. The van der Waals surface area contributed by atoms with Gasteiger partial charge in [-0.2, -0.15) is 0 Å². The monoisotopic (exact) mass is 342 g/mol. The summed E-state index contributed by atoms with van der Waals surface area (Å²) in [6.07, 6.45) is 3.28. The Kier molecular flexibility index (Phi) is 4.78. The minimum atomic E-state index is -0.430. The van der Waals surface area contributed by atoms with Crippen molar-refractivity contribution < 1.29 is 4.92 Å². The summed E-state index contributed by atoms with van der Waals surface area (Å²) in [6.45, 7) is 5.73. The zero-order valence-electron chi connectivity index (χ0n) is 14.7. The van der Waals surface area contributed by atoms with Gasteiger partial charge in [0.15, 0.2) is 0 Å². The van der Waals surface area contributed by atoms with Gasteiger partial charge in [-0.25, -0.2) is 15.0 Å². The van der Waals surface area contributed by atoms with Gasteiger partial charge in [0, 0.05) is 44.0 Å². The van der Waals surface area contributed by atoms with Crippen molar-refractivity contribution in [2.24, 2.45) is 0 Å². The Balaban J connectivity index is 1.64. The van der Waals surface area contributed by atoms with Gasteiger partial charge in [0.05, 0.1) is 4.92 Å². The van der Waals surface area contributed by atoms with Crippen LogP contribution in [0.15, 0.2) is 24.4 Å². The van der Waals surface area contributed by atoms with Crippen LogP contribution in [0.25, 0.3) is 0 Å². The maximum atomic E-state index is 10.7. The lowest BCUT2D eigenvalue weighted by atomic mass is 10.0. The fourth-order valence-corrected chi connectivity index (χ4v) is 3.22. The quantitative estimate of drug-likeness (QED) is 0.623. The first-order valence-electron chi connectivity index (χ1n) is 8.34. The Morgan fingerprint density at radius 2 is 1.96 bits per heavy atom. The highest BCUT2D eigenvalue weighted by molar-refractivity contribution is 5.45. The number of hydrogen-bond acceptors (Lipinski definition) is 7. The smallest absolute Gasteiger partial charge is 0.287 e.